The number of ether oxygens (including phenoxy) is 1. The van der Waals surface area contributed by atoms with Crippen molar-refractivity contribution in [3.05, 3.63) is 29.8 Å². The van der Waals surface area contributed by atoms with E-state index < -0.39 is 0 Å². The Hall–Kier alpha value is -1.02. The molecule has 1 atom stereocenters. The van der Waals surface area contributed by atoms with Crippen LogP contribution >= 0.6 is 0 Å². The molecule has 0 aliphatic heterocycles. The predicted octanol–water partition coefficient (Wildman–Crippen LogP) is 3.93. The molecule has 2 rings (SSSR count). The van der Waals surface area contributed by atoms with Gasteiger partial charge in [0, 0.05) is 12.6 Å². The van der Waals surface area contributed by atoms with Crippen LogP contribution in [0.4, 0.5) is 0 Å². The van der Waals surface area contributed by atoms with Crippen molar-refractivity contribution < 1.29 is 4.74 Å². The van der Waals surface area contributed by atoms with Gasteiger partial charge in [0.2, 0.25) is 0 Å². The monoisotopic (exact) mass is 247 g/mol. The molecule has 1 aliphatic carbocycles. The van der Waals surface area contributed by atoms with Crippen molar-refractivity contribution in [1.29, 1.82) is 0 Å². The van der Waals surface area contributed by atoms with Gasteiger partial charge in [0.25, 0.3) is 0 Å². The molecule has 1 saturated carbocycles. The van der Waals surface area contributed by atoms with E-state index in [4.69, 9.17) is 4.74 Å². The molecule has 1 fully saturated rings. The third kappa shape index (κ3) is 3.26. The van der Waals surface area contributed by atoms with E-state index in [2.05, 4.69) is 37.4 Å². The summed E-state index contributed by atoms with van der Waals surface area (Å²) in [6.07, 6.45) is 5.52. The third-order valence-corrected chi connectivity index (χ3v) is 4.24. The van der Waals surface area contributed by atoms with Gasteiger partial charge in [-0.1, -0.05) is 31.9 Å². The molecule has 0 amide bonds. The molecule has 0 radical (unpaired) electrons. The van der Waals surface area contributed by atoms with Gasteiger partial charge in [-0.2, -0.15) is 0 Å². The summed E-state index contributed by atoms with van der Waals surface area (Å²) in [6, 6.07) is 8.72. The lowest BCUT2D eigenvalue weighted by Crippen LogP contribution is -2.31. The average Bonchev–Trinajstić information content (AvgIpc) is 2.83. The molecule has 1 unspecified atom stereocenters. The number of hydrogen-bond donors (Lipinski definition) is 1. The van der Waals surface area contributed by atoms with Crippen molar-refractivity contribution in [3.8, 4) is 5.75 Å². The highest BCUT2D eigenvalue weighted by molar-refractivity contribution is 5.30. The van der Waals surface area contributed by atoms with E-state index in [0.717, 1.165) is 12.3 Å². The standard InChI is InChI=1S/C16H25NO/c1-13(14-7-6-8-15(11-14)18-3)17-12-16(2)9-4-5-10-16/h6-8,11,13,17H,4-5,9-10,12H2,1-3H3. The number of benzene rings is 1. The molecule has 1 aliphatic rings. The Morgan fingerprint density at radius 2 is 2.06 bits per heavy atom. The maximum Gasteiger partial charge on any atom is 0.119 e. The number of rotatable bonds is 5. The molecular weight excluding hydrogens is 222 g/mol. The van der Waals surface area contributed by atoms with Crippen molar-refractivity contribution in [3.63, 3.8) is 0 Å². The van der Waals surface area contributed by atoms with Crippen LogP contribution < -0.4 is 10.1 Å². The number of hydrogen-bond acceptors (Lipinski definition) is 2. The van der Waals surface area contributed by atoms with Gasteiger partial charge in [-0.25, -0.2) is 0 Å². The summed E-state index contributed by atoms with van der Waals surface area (Å²) in [4.78, 5) is 0. The minimum absolute atomic E-state index is 0.387. The second-order valence-corrected chi connectivity index (χ2v) is 5.90. The first kappa shape index (κ1) is 13.4. The molecule has 0 spiro atoms. The van der Waals surface area contributed by atoms with E-state index >= 15 is 0 Å². The second-order valence-electron chi connectivity index (χ2n) is 5.90. The summed E-state index contributed by atoms with van der Waals surface area (Å²) >= 11 is 0. The van der Waals surface area contributed by atoms with Crippen LogP contribution in [0.2, 0.25) is 0 Å². The average molecular weight is 247 g/mol. The van der Waals surface area contributed by atoms with E-state index in [0.29, 0.717) is 11.5 Å². The fourth-order valence-electron chi connectivity index (χ4n) is 2.83. The van der Waals surface area contributed by atoms with Gasteiger partial charge in [0.1, 0.15) is 5.75 Å². The summed E-state index contributed by atoms with van der Waals surface area (Å²) in [5.74, 6) is 0.938. The Kier molecular flexibility index (Phi) is 4.28. The normalized spacial score (nSPS) is 19.7. The Morgan fingerprint density at radius 1 is 1.33 bits per heavy atom. The molecule has 100 valence electrons. The smallest absolute Gasteiger partial charge is 0.119 e. The van der Waals surface area contributed by atoms with E-state index in [1.807, 2.05) is 6.07 Å². The first-order valence-corrected chi connectivity index (χ1v) is 7.00. The van der Waals surface area contributed by atoms with Gasteiger partial charge in [0.05, 0.1) is 7.11 Å². The topological polar surface area (TPSA) is 21.3 Å². The predicted molar refractivity (Wildman–Crippen MR) is 76.0 cm³/mol. The fourth-order valence-corrected chi connectivity index (χ4v) is 2.83. The molecule has 18 heavy (non-hydrogen) atoms. The zero-order valence-corrected chi connectivity index (χ0v) is 11.8. The van der Waals surface area contributed by atoms with E-state index in [-0.39, 0.29) is 0 Å². The highest BCUT2D eigenvalue weighted by atomic mass is 16.5. The fraction of sp³-hybridized carbons (Fsp3) is 0.625. The second kappa shape index (κ2) is 5.75. The van der Waals surface area contributed by atoms with Crippen LogP contribution in [0, 0.1) is 5.41 Å². The molecule has 0 aromatic heterocycles. The van der Waals surface area contributed by atoms with Crippen LogP contribution in [-0.2, 0) is 0 Å². The lowest BCUT2D eigenvalue weighted by Gasteiger charge is -2.26. The molecule has 1 aromatic rings. The molecule has 2 nitrogen and oxygen atoms in total. The maximum atomic E-state index is 5.27. The highest BCUT2D eigenvalue weighted by Crippen LogP contribution is 2.37. The van der Waals surface area contributed by atoms with Crippen molar-refractivity contribution in [2.24, 2.45) is 5.41 Å². The van der Waals surface area contributed by atoms with Gasteiger partial charge in [-0.3, -0.25) is 0 Å². The maximum absolute atomic E-state index is 5.27. The SMILES string of the molecule is COc1cccc(C(C)NCC2(C)CCCC2)c1. The van der Waals surface area contributed by atoms with Gasteiger partial charge in [0.15, 0.2) is 0 Å². The zero-order chi connectivity index (χ0) is 13.0. The highest BCUT2D eigenvalue weighted by Gasteiger charge is 2.28. The van der Waals surface area contributed by atoms with E-state index in [1.54, 1.807) is 7.11 Å². The summed E-state index contributed by atoms with van der Waals surface area (Å²) < 4.78 is 5.27. The van der Waals surface area contributed by atoms with E-state index in [1.165, 1.54) is 31.2 Å². The van der Waals surface area contributed by atoms with Crippen LogP contribution in [0.25, 0.3) is 0 Å². The van der Waals surface area contributed by atoms with Crippen molar-refractivity contribution in [2.75, 3.05) is 13.7 Å². The first-order chi connectivity index (χ1) is 8.63. The van der Waals surface area contributed by atoms with Crippen LogP contribution in [0.1, 0.15) is 51.1 Å². The van der Waals surface area contributed by atoms with Gasteiger partial charge in [-0.05, 0) is 42.9 Å². The molecular formula is C16H25NO. The molecule has 1 N–H and O–H groups in total. The lowest BCUT2D eigenvalue weighted by atomic mass is 9.88. The molecule has 1 aromatic carbocycles. The largest absolute Gasteiger partial charge is 0.497 e. The molecule has 2 heteroatoms. The van der Waals surface area contributed by atoms with Crippen molar-refractivity contribution >= 4 is 0 Å². The Labute approximate surface area is 111 Å². The van der Waals surface area contributed by atoms with Gasteiger partial charge in [-0.15, -0.1) is 0 Å². The van der Waals surface area contributed by atoms with Gasteiger partial charge >= 0.3 is 0 Å². The van der Waals surface area contributed by atoms with Crippen molar-refractivity contribution in [1.82, 2.24) is 5.32 Å². The van der Waals surface area contributed by atoms with Crippen molar-refractivity contribution in [2.45, 2.75) is 45.6 Å². The van der Waals surface area contributed by atoms with E-state index in [9.17, 15) is 0 Å². The number of methoxy groups -OCH3 is 1. The van der Waals surface area contributed by atoms with Crippen LogP contribution in [-0.4, -0.2) is 13.7 Å². The Morgan fingerprint density at radius 3 is 2.72 bits per heavy atom. The third-order valence-electron chi connectivity index (χ3n) is 4.24. The molecule has 0 saturated heterocycles. The summed E-state index contributed by atoms with van der Waals surface area (Å²) in [7, 11) is 1.72. The number of nitrogens with one attached hydrogen (secondary N) is 1. The lowest BCUT2D eigenvalue weighted by molar-refractivity contribution is 0.301. The summed E-state index contributed by atoms with van der Waals surface area (Å²) in [5, 5.41) is 3.68. The molecule has 0 heterocycles. The summed E-state index contributed by atoms with van der Waals surface area (Å²) in [5.41, 5.74) is 1.81. The zero-order valence-electron chi connectivity index (χ0n) is 11.8. The Bertz CT molecular complexity index is 382. The summed E-state index contributed by atoms with van der Waals surface area (Å²) in [6.45, 7) is 5.75. The molecule has 0 bridgehead atoms. The minimum atomic E-state index is 0.387. The van der Waals surface area contributed by atoms with Crippen LogP contribution in [0.5, 0.6) is 5.75 Å². The minimum Gasteiger partial charge on any atom is -0.497 e. The van der Waals surface area contributed by atoms with Gasteiger partial charge < -0.3 is 10.1 Å². The van der Waals surface area contributed by atoms with Crippen LogP contribution in [0.15, 0.2) is 24.3 Å². The quantitative estimate of drug-likeness (QED) is 0.851. The first-order valence-electron chi connectivity index (χ1n) is 7.00. The Balaban J connectivity index is 1.92. The van der Waals surface area contributed by atoms with Crippen LogP contribution in [0.3, 0.4) is 0 Å².